The Labute approximate surface area is 123 Å². The van der Waals surface area contributed by atoms with Crippen molar-refractivity contribution in [2.75, 3.05) is 13.2 Å². The number of hydrogen-bond acceptors (Lipinski definition) is 4. The number of hydrogen-bond donors (Lipinski definition) is 0. The van der Waals surface area contributed by atoms with Crippen LogP contribution in [0, 0.1) is 0 Å². The van der Waals surface area contributed by atoms with E-state index in [1.807, 2.05) is 0 Å². The van der Waals surface area contributed by atoms with E-state index in [1.54, 1.807) is 43.0 Å². The smallest absolute Gasteiger partial charge is 0.338 e. The Hall–Kier alpha value is -2.17. The number of Topliss-reactive ketones (excluding diaryl/α,β-unsaturated/α-hetero) is 1. The first-order valence-corrected chi connectivity index (χ1v) is 7.15. The molecule has 5 heteroatoms. The molecule has 5 nitrogen and oxygen atoms in total. The quantitative estimate of drug-likeness (QED) is 0.615. The average molecular weight is 289 g/mol. The number of nitrogens with zero attached hydrogens (tertiary/aromatic N) is 1. The van der Waals surface area contributed by atoms with Crippen LogP contribution in [0.5, 0.6) is 0 Å². The Kier molecular flexibility index (Phi) is 4.73. The van der Waals surface area contributed by atoms with Gasteiger partial charge < -0.3 is 9.64 Å². The summed E-state index contributed by atoms with van der Waals surface area (Å²) >= 11 is 0. The third kappa shape index (κ3) is 3.29. The SMILES string of the molecule is CCOC(=O)c1ccc(C(=O)C(C)N2CCCC2=O)cc1. The number of rotatable bonds is 5. The van der Waals surface area contributed by atoms with Gasteiger partial charge in [-0.05, 0) is 32.4 Å². The second-order valence-electron chi connectivity index (χ2n) is 5.03. The molecule has 1 aliphatic rings. The standard InChI is InChI=1S/C16H19NO4/c1-3-21-16(20)13-8-6-12(7-9-13)15(19)11(2)17-10-4-5-14(17)18/h6-9,11H,3-5,10H2,1-2H3. The molecule has 1 amide bonds. The molecule has 0 aliphatic carbocycles. The van der Waals surface area contributed by atoms with Crippen LogP contribution in [0.1, 0.15) is 47.4 Å². The topological polar surface area (TPSA) is 63.7 Å². The van der Waals surface area contributed by atoms with E-state index >= 15 is 0 Å². The van der Waals surface area contributed by atoms with Crippen molar-refractivity contribution < 1.29 is 19.1 Å². The average Bonchev–Trinajstić information content (AvgIpc) is 2.92. The number of ketones is 1. The van der Waals surface area contributed by atoms with Crippen LogP contribution < -0.4 is 0 Å². The number of ether oxygens (including phenoxy) is 1. The number of amides is 1. The Bertz CT molecular complexity index is 550. The van der Waals surface area contributed by atoms with Crippen LogP contribution in [0.15, 0.2) is 24.3 Å². The van der Waals surface area contributed by atoms with Gasteiger partial charge >= 0.3 is 5.97 Å². The maximum absolute atomic E-state index is 12.4. The van der Waals surface area contributed by atoms with Crippen molar-refractivity contribution in [1.29, 1.82) is 0 Å². The van der Waals surface area contributed by atoms with Crippen molar-refractivity contribution >= 4 is 17.7 Å². The first-order valence-electron chi connectivity index (χ1n) is 7.15. The number of carbonyl (C=O) groups excluding carboxylic acids is 3. The third-order valence-electron chi connectivity index (χ3n) is 3.64. The van der Waals surface area contributed by atoms with Gasteiger partial charge in [0.05, 0.1) is 18.2 Å². The van der Waals surface area contributed by atoms with Crippen LogP contribution in [-0.4, -0.2) is 41.8 Å². The van der Waals surface area contributed by atoms with Crippen molar-refractivity contribution in [3.8, 4) is 0 Å². The van der Waals surface area contributed by atoms with Crippen molar-refractivity contribution in [2.24, 2.45) is 0 Å². The van der Waals surface area contributed by atoms with Gasteiger partial charge in [0, 0.05) is 18.5 Å². The molecule has 112 valence electrons. The van der Waals surface area contributed by atoms with Gasteiger partial charge in [-0.15, -0.1) is 0 Å². The van der Waals surface area contributed by atoms with Gasteiger partial charge in [0.1, 0.15) is 0 Å². The zero-order valence-electron chi connectivity index (χ0n) is 12.3. The molecule has 1 fully saturated rings. The number of benzene rings is 1. The summed E-state index contributed by atoms with van der Waals surface area (Å²) in [6.45, 7) is 4.43. The Morgan fingerprint density at radius 2 is 1.86 bits per heavy atom. The molecule has 1 heterocycles. The summed E-state index contributed by atoms with van der Waals surface area (Å²) in [5.74, 6) is -0.487. The van der Waals surface area contributed by atoms with Crippen LogP contribution >= 0.6 is 0 Å². The predicted molar refractivity (Wildman–Crippen MR) is 77.1 cm³/mol. The van der Waals surface area contributed by atoms with E-state index in [2.05, 4.69) is 0 Å². The minimum atomic E-state index is -0.464. The van der Waals surface area contributed by atoms with Gasteiger partial charge in [-0.25, -0.2) is 4.79 Å². The molecule has 0 radical (unpaired) electrons. The van der Waals surface area contributed by atoms with E-state index in [0.717, 1.165) is 6.42 Å². The summed E-state index contributed by atoms with van der Waals surface area (Å²) in [6.07, 6.45) is 1.32. The molecule has 0 aromatic heterocycles. The molecule has 0 spiro atoms. The molecule has 1 saturated heterocycles. The number of esters is 1. The van der Waals surface area contributed by atoms with Crippen LogP contribution in [0.4, 0.5) is 0 Å². The van der Waals surface area contributed by atoms with E-state index in [9.17, 15) is 14.4 Å². The molecule has 21 heavy (non-hydrogen) atoms. The van der Waals surface area contributed by atoms with Crippen LogP contribution in [-0.2, 0) is 9.53 Å². The maximum Gasteiger partial charge on any atom is 0.338 e. The van der Waals surface area contributed by atoms with Crippen LogP contribution in [0.25, 0.3) is 0 Å². The second-order valence-corrected chi connectivity index (χ2v) is 5.03. The van der Waals surface area contributed by atoms with E-state index in [-0.39, 0.29) is 11.7 Å². The fraction of sp³-hybridized carbons (Fsp3) is 0.438. The van der Waals surface area contributed by atoms with Crippen molar-refractivity contribution in [1.82, 2.24) is 4.90 Å². The summed E-state index contributed by atoms with van der Waals surface area (Å²) in [5, 5.41) is 0. The lowest BCUT2D eigenvalue weighted by Crippen LogP contribution is -2.39. The van der Waals surface area contributed by atoms with E-state index < -0.39 is 12.0 Å². The second kappa shape index (κ2) is 6.52. The number of likely N-dealkylation sites (tertiary alicyclic amines) is 1. The lowest BCUT2D eigenvalue weighted by molar-refractivity contribution is -0.128. The molecular weight excluding hydrogens is 270 g/mol. The van der Waals surface area contributed by atoms with Gasteiger partial charge in [0.15, 0.2) is 5.78 Å². The highest BCUT2D eigenvalue weighted by Gasteiger charge is 2.29. The van der Waals surface area contributed by atoms with Gasteiger partial charge in [-0.3, -0.25) is 9.59 Å². The zero-order chi connectivity index (χ0) is 15.4. The highest BCUT2D eigenvalue weighted by Crippen LogP contribution is 2.17. The van der Waals surface area contributed by atoms with E-state index in [0.29, 0.717) is 30.7 Å². The minimum Gasteiger partial charge on any atom is -0.462 e. The minimum absolute atomic E-state index is 0.0268. The first-order chi connectivity index (χ1) is 10.0. The third-order valence-corrected chi connectivity index (χ3v) is 3.64. The fourth-order valence-electron chi connectivity index (χ4n) is 2.45. The maximum atomic E-state index is 12.4. The molecule has 2 rings (SSSR count). The van der Waals surface area contributed by atoms with E-state index in [1.165, 1.54) is 0 Å². The molecule has 1 aromatic rings. The summed E-state index contributed by atoms with van der Waals surface area (Å²) < 4.78 is 4.89. The molecule has 0 N–H and O–H groups in total. The lowest BCUT2D eigenvalue weighted by Gasteiger charge is -2.23. The largest absolute Gasteiger partial charge is 0.462 e. The van der Waals surface area contributed by atoms with Crippen molar-refractivity contribution in [3.63, 3.8) is 0 Å². The van der Waals surface area contributed by atoms with Gasteiger partial charge in [0.2, 0.25) is 5.91 Å². The van der Waals surface area contributed by atoms with Gasteiger partial charge in [0.25, 0.3) is 0 Å². The van der Waals surface area contributed by atoms with Crippen molar-refractivity contribution in [3.05, 3.63) is 35.4 Å². The molecule has 1 unspecified atom stereocenters. The molecule has 0 saturated carbocycles. The fourth-order valence-corrected chi connectivity index (χ4v) is 2.45. The summed E-state index contributed by atoms with van der Waals surface area (Å²) in [5.41, 5.74) is 0.911. The first kappa shape index (κ1) is 15.2. The molecule has 1 aromatic carbocycles. The Balaban J connectivity index is 2.09. The molecule has 1 atom stereocenters. The zero-order valence-corrected chi connectivity index (χ0v) is 12.3. The summed E-state index contributed by atoms with van der Waals surface area (Å²) in [6, 6.07) is 5.89. The Morgan fingerprint density at radius 1 is 1.24 bits per heavy atom. The van der Waals surface area contributed by atoms with Gasteiger partial charge in [-0.1, -0.05) is 12.1 Å². The summed E-state index contributed by atoms with van der Waals surface area (Å²) in [7, 11) is 0. The Morgan fingerprint density at radius 3 is 2.38 bits per heavy atom. The monoisotopic (exact) mass is 289 g/mol. The summed E-state index contributed by atoms with van der Waals surface area (Å²) in [4.78, 5) is 37.2. The normalized spacial score (nSPS) is 15.9. The van der Waals surface area contributed by atoms with Crippen LogP contribution in [0.3, 0.4) is 0 Å². The van der Waals surface area contributed by atoms with Crippen LogP contribution in [0.2, 0.25) is 0 Å². The van der Waals surface area contributed by atoms with Gasteiger partial charge in [-0.2, -0.15) is 0 Å². The lowest BCUT2D eigenvalue weighted by atomic mass is 10.0. The highest BCUT2D eigenvalue weighted by atomic mass is 16.5. The predicted octanol–water partition coefficient (Wildman–Crippen LogP) is 2.06. The highest BCUT2D eigenvalue weighted by molar-refractivity contribution is 6.02. The molecule has 0 bridgehead atoms. The van der Waals surface area contributed by atoms with Crippen molar-refractivity contribution in [2.45, 2.75) is 32.7 Å². The van der Waals surface area contributed by atoms with E-state index in [4.69, 9.17) is 4.74 Å². The number of carbonyl (C=O) groups is 3. The molecule has 1 aliphatic heterocycles. The molecular formula is C16H19NO4.